The number of aliphatic hydroxyl groups excluding tert-OH is 1. The number of aryl methyl sites for hydroxylation is 2. The minimum absolute atomic E-state index is 0.162. The number of benzene rings is 1. The van der Waals surface area contributed by atoms with Crippen LogP contribution < -0.4 is 15.4 Å². The van der Waals surface area contributed by atoms with Crippen molar-refractivity contribution in [3.8, 4) is 5.75 Å². The number of rotatable bonds is 5. The highest BCUT2D eigenvalue weighted by Crippen LogP contribution is 2.18. The molecule has 5 nitrogen and oxygen atoms in total. The van der Waals surface area contributed by atoms with Crippen LogP contribution in [0.2, 0.25) is 0 Å². The van der Waals surface area contributed by atoms with Gasteiger partial charge in [0.25, 0.3) is 0 Å². The summed E-state index contributed by atoms with van der Waals surface area (Å²) in [6, 6.07) is 6.08. The van der Waals surface area contributed by atoms with Crippen molar-refractivity contribution >= 4 is 6.03 Å². The summed E-state index contributed by atoms with van der Waals surface area (Å²) in [4.78, 5) is 11.8. The fourth-order valence-corrected chi connectivity index (χ4v) is 2.81. The number of urea groups is 1. The average Bonchev–Trinajstić information content (AvgIpc) is 2.45. The topological polar surface area (TPSA) is 70.6 Å². The fraction of sp³-hybridized carbons (Fsp3) is 0.588. The van der Waals surface area contributed by atoms with E-state index in [0.717, 1.165) is 31.4 Å². The molecule has 0 heterocycles. The predicted molar refractivity (Wildman–Crippen MR) is 86.2 cm³/mol. The maximum absolute atomic E-state index is 11.8. The number of carbonyl (C=O) groups excluding carboxylic acids is 1. The first-order valence-electron chi connectivity index (χ1n) is 7.96. The molecule has 0 unspecified atom stereocenters. The lowest BCUT2D eigenvalue weighted by Gasteiger charge is -2.26. The molecule has 1 aromatic rings. The van der Waals surface area contributed by atoms with Crippen molar-refractivity contribution in [1.82, 2.24) is 10.6 Å². The van der Waals surface area contributed by atoms with Crippen LogP contribution in [0.5, 0.6) is 5.75 Å². The van der Waals surface area contributed by atoms with Gasteiger partial charge in [-0.25, -0.2) is 4.79 Å². The molecule has 1 aliphatic rings. The number of amides is 2. The number of aliphatic hydroxyl groups is 1. The van der Waals surface area contributed by atoms with Crippen molar-refractivity contribution in [2.45, 2.75) is 51.7 Å². The van der Waals surface area contributed by atoms with Crippen LogP contribution in [0.3, 0.4) is 0 Å². The fourth-order valence-electron chi connectivity index (χ4n) is 2.81. The van der Waals surface area contributed by atoms with Gasteiger partial charge >= 0.3 is 6.03 Å². The molecule has 1 aromatic carbocycles. The van der Waals surface area contributed by atoms with Crippen LogP contribution in [-0.2, 0) is 0 Å². The summed E-state index contributed by atoms with van der Waals surface area (Å²) in [6.07, 6.45) is 3.01. The monoisotopic (exact) mass is 306 g/mol. The summed E-state index contributed by atoms with van der Waals surface area (Å²) >= 11 is 0. The zero-order valence-electron chi connectivity index (χ0n) is 13.4. The highest BCUT2D eigenvalue weighted by molar-refractivity contribution is 5.74. The Labute approximate surface area is 132 Å². The Bertz CT molecular complexity index is 476. The molecule has 1 aliphatic carbocycles. The first-order chi connectivity index (χ1) is 10.5. The van der Waals surface area contributed by atoms with Crippen LogP contribution in [0.4, 0.5) is 4.79 Å². The number of hydrogen-bond acceptors (Lipinski definition) is 3. The number of nitrogens with one attached hydrogen (secondary N) is 2. The zero-order valence-corrected chi connectivity index (χ0v) is 13.4. The van der Waals surface area contributed by atoms with E-state index in [-0.39, 0.29) is 18.2 Å². The lowest BCUT2D eigenvalue weighted by molar-refractivity contribution is 0.117. The van der Waals surface area contributed by atoms with Crippen molar-refractivity contribution in [3.05, 3.63) is 29.3 Å². The van der Waals surface area contributed by atoms with Crippen LogP contribution in [0.15, 0.2) is 18.2 Å². The lowest BCUT2D eigenvalue weighted by atomic mass is 9.93. The first-order valence-corrected chi connectivity index (χ1v) is 7.96. The number of hydrogen-bond donors (Lipinski definition) is 3. The van der Waals surface area contributed by atoms with Gasteiger partial charge in [-0.1, -0.05) is 6.07 Å². The number of ether oxygens (including phenoxy) is 1. The second-order valence-electron chi connectivity index (χ2n) is 6.08. The van der Waals surface area contributed by atoms with E-state index in [2.05, 4.69) is 16.7 Å². The van der Waals surface area contributed by atoms with Gasteiger partial charge in [-0.15, -0.1) is 0 Å². The van der Waals surface area contributed by atoms with Crippen molar-refractivity contribution in [1.29, 1.82) is 0 Å². The number of carbonyl (C=O) groups is 1. The van der Waals surface area contributed by atoms with E-state index >= 15 is 0 Å². The Morgan fingerprint density at radius 2 is 1.82 bits per heavy atom. The molecule has 0 saturated heterocycles. The Kier molecular flexibility index (Phi) is 6.07. The second-order valence-corrected chi connectivity index (χ2v) is 6.08. The molecule has 0 aliphatic heterocycles. The Balaban J connectivity index is 1.62. The van der Waals surface area contributed by atoms with Crippen LogP contribution in [0.25, 0.3) is 0 Å². The second kappa shape index (κ2) is 8.03. The molecule has 122 valence electrons. The molecular weight excluding hydrogens is 280 g/mol. The molecule has 0 radical (unpaired) electrons. The van der Waals surface area contributed by atoms with Gasteiger partial charge in [0, 0.05) is 6.04 Å². The van der Waals surface area contributed by atoms with Crippen LogP contribution in [-0.4, -0.2) is 36.4 Å². The molecule has 1 fully saturated rings. The highest BCUT2D eigenvalue weighted by atomic mass is 16.5. The summed E-state index contributed by atoms with van der Waals surface area (Å²) in [7, 11) is 0. The van der Waals surface area contributed by atoms with Gasteiger partial charge in [0.15, 0.2) is 0 Å². The molecule has 0 aromatic heterocycles. The molecule has 2 amide bonds. The third-order valence-electron chi connectivity index (χ3n) is 3.88. The SMILES string of the molecule is Cc1cc(C)cc(OCCNC(=O)NC2CCC(O)CC2)c1. The van der Waals surface area contributed by atoms with Gasteiger partial charge in [0.2, 0.25) is 0 Å². The molecule has 0 atom stereocenters. The molecule has 3 N–H and O–H groups in total. The largest absolute Gasteiger partial charge is 0.492 e. The van der Waals surface area contributed by atoms with Gasteiger partial charge in [-0.2, -0.15) is 0 Å². The van der Waals surface area contributed by atoms with Crippen LogP contribution in [0, 0.1) is 13.8 Å². The maximum atomic E-state index is 11.8. The van der Waals surface area contributed by atoms with E-state index in [1.54, 1.807) is 0 Å². The minimum Gasteiger partial charge on any atom is -0.492 e. The van der Waals surface area contributed by atoms with Gasteiger partial charge < -0.3 is 20.5 Å². The lowest BCUT2D eigenvalue weighted by Crippen LogP contribution is -2.45. The van der Waals surface area contributed by atoms with Crippen molar-refractivity contribution < 1.29 is 14.6 Å². The van der Waals surface area contributed by atoms with Crippen molar-refractivity contribution in [3.63, 3.8) is 0 Å². The third-order valence-corrected chi connectivity index (χ3v) is 3.88. The van der Waals surface area contributed by atoms with E-state index < -0.39 is 0 Å². The highest BCUT2D eigenvalue weighted by Gasteiger charge is 2.20. The zero-order chi connectivity index (χ0) is 15.9. The standard InChI is InChI=1S/C17H26N2O3/c1-12-9-13(2)11-16(10-12)22-8-7-18-17(21)19-14-3-5-15(20)6-4-14/h9-11,14-15,20H,3-8H2,1-2H3,(H2,18,19,21). The predicted octanol–water partition coefficient (Wildman–Crippen LogP) is 2.28. The summed E-state index contributed by atoms with van der Waals surface area (Å²) in [5.74, 6) is 0.834. The van der Waals surface area contributed by atoms with Gasteiger partial charge in [0.05, 0.1) is 12.6 Å². The minimum atomic E-state index is -0.202. The summed E-state index contributed by atoms with van der Waals surface area (Å²) in [5.41, 5.74) is 2.33. The maximum Gasteiger partial charge on any atom is 0.315 e. The summed E-state index contributed by atoms with van der Waals surface area (Å²) < 4.78 is 5.65. The van der Waals surface area contributed by atoms with Crippen LogP contribution in [0.1, 0.15) is 36.8 Å². The van der Waals surface area contributed by atoms with E-state index in [1.807, 2.05) is 26.0 Å². The van der Waals surface area contributed by atoms with Crippen molar-refractivity contribution in [2.75, 3.05) is 13.2 Å². The van der Waals surface area contributed by atoms with E-state index in [1.165, 1.54) is 11.1 Å². The Morgan fingerprint density at radius 3 is 2.45 bits per heavy atom. The van der Waals surface area contributed by atoms with Crippen molar-refractivity contribution in [2.24, 2.45) is 0 Å². The van der Waals surface area contributed by atoms with Crippen LogP contribution >= 0.6 is 0 Å². The third kappa shape index (κ3) is 5.56. The molecule has 1 saturated carbocycles. The quantitative estimate of drug-likeness (QED) is 0.731. The van der Waals surface area contributed by atoms with Gasteiger partial charge in [-0.3, -0.25) is 0 Å². The Morgan fingerprint density at radius 1 is 1.18 bits per heavy atom. The summed E-state index contributed by atoms with van der Waals surface area (Å²) in [5, 5.41) is 15.2. The Hall–Kier alpha value is -1.75. The van der Waals surface area contributed by atoms with E-state index in [9.17, 15) is 9.90 Å². The summed E-state index contributed by atoms with van der Waals surface area (Å²) in [6.45, 7) is 4.98. The molecule has 0 bridgehead atoms. The molecule has 2 rings (SSSR count). The molecule has 22 heavy (non-hydrogen) atoms. The normalized spacial score (nSPS) is 21.2. The smallest absolute Gasteiger partial charge is 0.315 e. The van der Waals surface area contributed by atoms with Gasteiger partial charge in [-0.05, 0) is 62.8 Å². The molecule has 5 heteroatoms. The van der Waals surface area contributed by atoms with E-state index in [0.29, 0.717) is 13.2 Å². The first kappa shape index (κ1) is 16.6. The average molecular weight is 306 g/mol. The molecule has 0 spiro atoms. The van der Waals surface area contributed by atoms with Gasteiger partial charge in [0.1, 0.15) is 12.4 Å². The van der Waals surface area contributed by atoms with E-state index in [4.69, 9.17) is 4.74 Å². The molecular formula is C17H26N2O3.